The molecule has 1 heterocycles. The Morgan fingerprint density at radius 2 is 2.50 bits per heavy atom. The average Bonchev–Trinajstić information content (AvgIpc) is 2.52. The highest BCUT2D eigenvalue weighted by molar-refractivity contribution is 5.86. The van der Waals surface area contributed by atoms with Crippen LogP contribution in [0.3, 0.4) is 0 Å². The van der Waals surface area contributed by atoms with Crippen LogP contribution in [-0.2, 0) is 6.42 Å². The minimum absolute atomic E-state index is 0.228. The summed E-state index contributed by atoms with van der Waals surface area (Å²) in [6.07, 6.45) is 2.31. The maximum absolute atomic E-state index is 10.8. The standard InChI is InChI=1S/C7H11N3O2/c1-3-5-4-12-7(9-5)10-6(11)8-2/h4H,3H2,1-2H3,(H2,8,9,10,11). The second-order valence-corrected chi connectivity index (χ2v) is 2.20. The molecule has 1 rings (SSSR count). The zero-order chi connectivity index (χ0) is 8.97. The molecule has 0 atom stereocenters. The predicted octanol–water partition coefficient (Wildman–Crippen LogP) is 0.988. The van der Waals surface area contributed by atoms with Crippen LogP contribution >= 0.6 is 0 Å². The summed E-state index contributed by atoms with van der Waals surface area (Å²) in [5.74, 6) is 0. The van der Waals surface area contributed by atoms with E-state index in [4.69, 9.17) is 4.42 Å². The van der Waals surface area contributed by atoms with Crippen LogP contribution in [0, 0.1) is 0 Å². The van der Waals surface area contributed by atoms with Crippen molar-refractivity contribution in [3.05, 3.63) is 12.0 Å². The van der Waals surface area contributed by atoms with Crippen LogP contribution in [0.2, 0.25) is 0 Å². The second kappa shape index (κ2) is 3.75. The van der Waals surface area contributed by atoms with E-state index in [1.54, 1.807) is 0 Å². The van der Waals surface area contributed by atoms with Gasteiger partial charge in [-0.2, -0.15) is 4.98 Å². The lowest BCUT2D eigenvalue weighted by Gasteiger charge is -1.96. The molecule has 0 aliphatic carbocycles. The van der Waals surface area contributed by atoms with Gasteiger partial charge in [-0.15, -0.1) is 0 Å². The van der Waals surface area contributed by atoms with Gasteiger partial charge >= 0.3 is 12.0 Å². The number of aromatic nitrogens is 1. The van der Waals surface area contributed by atoms with Gasteiger partial charge in [-0.25, -0.2) is 4.79 Å². The summed E-state index contributed by atoms with van der Waals surface area (Å²) in [6.45, 7) is 1.96. The molecule has 2 N–H and O–H groups in total. The maximum Gasteiger partial charge on any atom is 0.322 e. The van der Waals surface area contributed by atoms with E-state index >= 15 is 0 Å². The highest BCUT2D eigenvalue weighted by Crippen LogP contribution is 2.06. The number of oxazole rings is 1. The second-order valence-electron chi connectivity index (χ2n) is 2.20. The molecule has 5 nitrogen and oxygen atoms in total. The van der Waals surface area contributed by atoms with Gasteiger partial charge < -0.3 is 9.73 Å². The highest BCUT2D eigenvalue weighted by Gasteiger charge is 2.04. The molecule has 0 saturated carbocycles. The third-order valence-corrected chi connectivity index (χ3v) is 1.36. The fourth-order valence-corrected chi connectivity index (χ4v) is 0.686. The van der Waals surface area contributed by atoms with E-state index in [0.29, 0.717) is 0 Å². The Kier molecular flexibility index (Phi) is 2.68. The van der Waals surface area contributed by atoms with Crippen LogP contribution in [0.5, 0.6) is 0 Å². The lowest BCUT2D eigenvalue weighted by atomic mass is 10.4. The summed E-state index contributed by atoms with van der Waals surface area (Å²) < 4.78 is 4.94. The number of hydrogen-bond donors (Lipinski definition) is 2. The Morgan fingerprint density at radius 3 is 3.00 bits per heavy atom. The van der Waals surface area contributed by atoms with Crippen LogP contribution in [0.1, 0.15) is 12.6 Å². The summed E-state index contributed by atoms with van der Waals surface area (Å²) >= 11 is 0. The minimum atomic E-state index is -0.334. The fraction of sp³-hybridized carbons (Fsp3) is 0.429. The predicted molar refractivity (Wildman–Crippen MR) is 44.0 cm³/mol. The van der Waals surface area contributed by atoms with Crippen molar-refractivity contribution in [3.63, 3.8) is 0 Å². The van der Waals surface area contributed by atoms with Gasteiger partial charge in [-0.3, -0.25) is 5.32 Å². The number of urea groups is 1. The molecule has 1 aromatic heterocycles. The van der Waals surface area contributed by atoms with Gasteiger partial charge in [0.1, 0.15) is 6.26 Å². The summed E-state index contributed by atoms with van der Waals surface area (Å²) in [5.41, 5.74) is 0.821. The highest BCUT2D eigenvalue weighted by atomic mass is 16.4. The Morgan fingerprint density at radius 1 is 1.75 bits per heavy atom. The number of nitrogens with zero attached hydrogens (tertiary/aromatic N) is 1. The van der Waals surface area contributed by atoms with Crippen molar-refractivity contribution in [1.29, 1.82) is 0 Å². The summed E-state index contributed by atoms with van der Waals surface area (Å²) in [4.78, 5) is 14.7. The number of rotatable bonds is 2. The number of anilines is 1. The number of aryl methyl sites for hydroxylation is 1. The molecule has 2 amide bonds. The third-order valence-electron chi connectivity index (χ3n) is 1.36. The largest absolute Gasteiger partial charge is 0.432 e. The van der Waals surface area contributed by atoms with Gasteiger partial charge in [-0.1, -0.05) is 6.92 Å². The first-order valence-corrected chi connectivity index (χ1v) is 3.69. The summed E-state index contributed by atoms with van der Waals surface area (Å²) in [7, 11) is 1.53. The zero-order valence-corrected chi connectivity index (χ0v) is 7.05. The van der Waals surface area contributed by atoms with Gasteiger partial charge in [-0.05, 0) is 6.42 Å². The van der Waals surface area contributed by atoms with Gasteiger partial charge in [0.05, 0.1) is 5.69 Å². The SMILES string of the molecule is CCc1coc(NC(=O)NC)n1. The summed E-state index contributed by atoms with van der Waals surface area (Å²) in [6, 6.07) is -0.106. The quantitative estimate of drug-likeness (QED) is 0.693. The molecule has 0 fully saturated rings. The van der Waals surface area contributed by atoms with Gasteiger partial charge in [0.25, 0.3) is 0 Å². The molecule has 0 radical (unpaired) electrons. The summed E-state index contributed by atoms with van der Waals surface area (Å²) in [5, 5.41) is 4.81. The van der Waals surface area contributed by atoms with Crippen LogP contribution in [0.25, 0.3) is 0 Å². The Hall–Kier alpha value is -1.52. The first-order chi connectivity index (χ1) is 5.76. The van der Waals surface area contributed by atoms with Crippen molar-refractivity contribution >= 4 is 12.0 Å². The smallest absolute Gasteiger partial charge is 0.322 e. The molecule has 1 aromatic rings. The van der Waals surface area contributed by atoms with Gasteiger partial charge in [0.15, 0.2) is 0 Å². The number of carbonyl (C=O) groups is 1. The Bertz CT molecular complexity index is 269. The monoisotopic (exact) mass is 169 g/mol. The van der Waals surface area contributed by atoms with Crippen molar-refractivity contribution in [2.24, 2.45) is 0 Å². The van der Waals surface area contributed by atoms with Crippen molar-refractivity contribution in [2.75, 3.05) is 12.4 Å². The van der Waals surface area contributed by atoms with E-state index in [1.165, 1.54) is 13.3 Å². The van der Waals surface area contributed by atoms with Crippen LogP contribution in [-0.4, -0.2) is 18.1 Å². The van der Waals surface area contributed by atoms with Gasteiger partial charge in [0.2, 0.25) is 0 Å². The molecule has 0 unspecified atom stereocenters. The molecule has 66 valence electrons. The molecule has 0 aromatic carbocycles. The van der Waals surface area contributed by atoms with E-state index in [9.17, 15) is 4.79 Å². The lowest BCUT2D eigenvalue weighted by Crippen LogP contribution is -2.24. The molecule has 5 heteroatoms. The van der Waals surface area contributed by atoms with Crippen LogP contribution < -0.4 is 10.6 Å². The molecule has 0 saturated heterocycles. The Balaban J connectivity index is 2.58. The van der Waals surface area contributed by atoms with Crippen molar-refractivity contribution in [1.82, 2.24) is 10.3 Å². The number of hydrogen-bond acceptors (Lipinski definition) is 3. The number of nitrogens with one attached hydrogen (secondary N) is 2. The lowest BCUT2D eigenvalue weighted by molar-refractivity contribution is 0.253. The van der Waals surface area contributed by atoms with Crippen LogP contribution in [0.15, 0.2) is 10.7 Å². The maximum atomic E-state index is 10.8. The van der Waals surface area contributed by atoms with Crippen LogP contribution in [0.4, 0.5) is 10.8 Å². The minimum Gasteiger partial charge on any atom is -0.432 e. The molecule has 0 aliphatic rings. The topological polar surface area (TPSA) is 67.2 Å². The zero-order valence-electron chi connectivity index (χ0n) is 7.05. The number of carbonyl (C=O) groups excluding carboxylic acids is 1. The first-order valence-electron chi connectivity index (χ1n) is 3.69. The molecule has 0 bridgehead atoms. The van der Waals surface area contributed by atoms with E-state index in [-0.39, 0.29) is 12.0 Å². The fourth-order valence-electron chi connectivity index (χ4n) is 0.686. The number of amides is 2. The molecular formula is C7H11N3O2. The molecule has 0 spiro atoms. The molecular weight excluding hydrogens is 158 g/mol. The molecule has 0 aliphatic heterocycles. The normalized spacial score (nSPS) is 9.50. The van der Waals surface area contributed by atoms with E-state index in [2.05, 4.69) is 15.6 Å². The molecule has 12 heavy (non-hydrogen) atoms. The van der Waals surface area contributed by atoms with E-state index < -0.39 is 0 Å². The van der Waals surface area contributed by atoms with E-state index in [1.807, 2.05) is 6.92 Å². The van der Waals surface area contributed by atoms with Crippen molar-refractivity contribution in [3.8, 4) is 0 Å². The average molecular weight is 169 g/mol. The Labute approximate surface area is 70.2 Å². The van der Waals surface area contributed by atoms with E-state index in [0.717, 1.165) is 12.1 Å². The first kappa shape index (κ1) is 8.58. The third kappa shape index (κ3) is 1.98. The van der Waals surface area contributed by atoms with Crippen molar-refractivity contribution in [2.45, 2.75) is 13.3 Å². The van der Waals surface area contributed by atoms with Gasteiger partial charge in [0, 0.05) is 7.05 Å². The van der Waals surface area contributed by atoms with Crippen molar-refractivity contribution < 1.29 is 9.21 Å².